The number of benzene rings is 2. The first-order chi connectivity index (χ1) is 15.2. The Bertz CT molecular complexity index is 1570. The van der Waals surface area contributed by atoms with Crippen LogP contribution in [0.5, 0.6) is 0 Å². The molecule has 0 spiro atoms. The zero-order valence-electron chi connectivity index (χ0n) is 16.6. The third kappa shape index (κ3) is 2.90. The molecule has 6 rings (SSSR count). The molecule has 0 fully saturated rings. The molecule has 0 bridgehead atoms. The van der Waals surface area contributed by atoms with Gasteiger partial charge in [0.05, 0.1) is 23.1 Å². The van der Waals surface area contributed by atoms with Gasteiger partial charge in [0.1, 0.15) is 11.5 Å². The summed E-state index contributed by atoms with van der Waals surface area (Å²) < 4.78 is 15.6. The second kappa shape index (κ2) is 6.63. The fourth-order valence-electron chi connectivity index (χ4n) is 4.02. The van der Waals surface area contributed by atoms with Crippen molar-refractivity contribution in [1.29, 1.82) is 0 Å². The Morgan fingerprint density at radius 1 is 0.871 bits per heavy atom. The summed E-state index contributed by atoms with van der Waals surface area (Å²) in [6.07, 6.45) is 5.56. The van der Waals surface area contributed by atoms with Crippen LogP contribution in [-0.4, -0.2) is 29.9 Å². The molecule has 0 radical (unpaired) electrons. The van der Waals surface area contributed by atoms with Crippen LogP contribution >= 0.6 is 0 Å². The summed E-state index contributed by atoms with van der Waals surface area (Å²) in [5.41, 5.74) is 7.15. The highest BCUT2D eigenvalue weighted by atomic mass is 19.1. The van der Waals surface area contributed by atoms with E-state index < -0.39 is 0 Å². The van der Waals surface area contributed by atoms with Crippen molar-refractivity contribution in [2.24, 2.45) is 7.05 Å². The van der Waals surface area contributed by atoms with Gasteiger partial charge in [0.25, 0.3) is 0 Å². The van der Waals surface area contributed by atoms with Gasteiger partial charge in [0.2, 0.25) is 0 Å². The average molecular weight is 408 g/mol. The maximum Gasteiger partial charge on any atom is 0.123 e. The van der Waals surface area contributed by atoms with Gasteiger partial charge in [-0.05, 0) is 42.0 Å². The molecule has 150 valence electrons. The Morgan fingerprint density at radius 2 is 1.77 bits per heavy atom. The molecular weight excluding hydrogens is 391 g/mol. The number of aryl methyl sites for hydroxylation is 1. The first-order valence-corrected chi connectivity index (χ1v) is 9.87. The lowest BCUT2D eigenvalue weighted by molar-refractivity contribution is 0.628. The summed E-state index contributed by atoms with van der Waals surface area (Å²) in [6.45, 7) is 0. The minimum atomic E-state index is -0.284. The van der Waals surface area contributed by atoms with Crippen LogP contribution in [0.2, 0.25) is 0 Å². The summed E-state index contributed by atoms with van der Waals surface area (Å²) in [6, 6.07) is 16.6. The van der Waals surface area contributed by atoms with Crippen LogP contribution in [0.25, 0.3) is 55.6 Å². The van der Waals surface area contributed by atoms with Crippen molar-refractivity contribution in [3.8, 4) is 33.8 Å². The van der Waals surface area contributed by atoms with E-state index in [0.717, 1.165) is 55.6 Å². The van der Waals surface area contributed by atoms with Gasteiger partial charge in [-0.1, -0.05) is 18.2 Å². The smallest absolute Gasteiger partial charge is 0.123 e. The first-order valence-electron chi connectivity index (χ1n) is 9.87. The van der Waals surface area contributed by atoms with Crippen LogP contribution in [-0.2, 0) is 7.05 Å². The van der Waals surface area contributed by atoms with E-state index in [4.69, 9.17) is 0 Å². The normalized spacial score (nSPS) is 11.5. The molecule has 31 heavy (non-hydrogen) atoms. The van der Waals surface area contributed by atoms with Crippen molar-refractivity contribution < 1.29 is 4.39 Å². The number of hydrogen-bond donors (Lipinski definition) is 2. The van der Waals surface area contributed by atoms with E-state index in [1.54, 1.807) is 16.9 Å². The molecule has 2 N–H and O–H groups in total. The highest BCUT2D eigenvalue weighted by Gasteiger charge is 2.15. The lowest BCUT2D eigenvalue weighted by Crippen LogP contribution is -1.85. The van der Waals surface area contributed by atoms with Crippen molar-refractivity contribution in [1.82, 2.24) is 29.9 Å². The molecule has 0 saturated heterocycles. The number of fused-ring (bicyclic) bond motifs is 2. The van der Waals surface area contributed by atoms with E-state index in [2.05, 4.69) is 37.4 Å². The number of rotatable bonds is 3. The van der Waals surface area contributed by atoms with E-state index in [1.807, 2.05) is 43.7 Å². The monoisotopic (exact) mass is 408 g/mol. The van der Waals surface area contributed by atoms with Gasteiger partial charge in [-0.15, -0.1) is 0 Å². The Balaban J connectivity index is 1.51. The van der Waals surface area contributed by atoms with Crippen LogP contribution in [0.3, 0.4) is 0 Å². The summed E-state index contributed by atoms with van der Waals surface area (Å²) in [5, 5.41) is 13.9. The number of hydrogen-bond acceptors (Lipinski definition) is 3. The minimum absolute atomic E-state index is 0.284. The standard InChI is InChI=1S/C24H17FN6/c1-31-13-16(12-27-31)14-5-6-21-18(10-14)24(30-29-21)22-11-19-20(28-22)7-8-26-23(19)15-3-2-4-17(25)9-15/h2-13,28H,1H3,(H,29,30). The molecule has 6 nitrogen and oxygen atoms in total. The summed E-state index contributed by atoms with van der Waals surface area (Å²) in [7, 11) is 1.90. The fourth-order valence-corrected chi connectivity index (χ4v) is 4.02. The van der Waals surface area contributed by atoms with E-state index in [-0.39, 0.29) is 5.82 Å². The van der Waals surface area contributed by atoms with Crippen LogP contribution in [0.15, 0.2) is 73.2 Å². The molecule has 4 aromatic heterocycles. The van der Waals surface area contributed by atoms with E-state index in [1.165, 1.54) is 12.1 Å². The van der Waals surface area contributed by atoms with Crippen LogP contribution < -0.4 is 0 Å². The number of aromatic nitrogens is 6. The number of aromatic amines is 2. The molecule has 6 aromatic rings. The fraction of sp³-hybridized carbons (Fsp3) is 0.0417. The third-order valence-electron chi connectivity index (χ3n) is 5.50. The Kier molecular flexibility index (Phi) is 3.76. The van der Waals surface area contributed by atoms with Gasteiger partial charge in [0.15, 0.2) is 0 Å². The van der Waals surface area contributed by atoms with Crippen LogP contribution in [0.1, 0.15) is 0 Å². The maximum atomic E-state index is 13.8. The van der Waals surface area contributed by atoms with Crippen LogP contribution in [0.4, 0.5) is 4.39 Å². The molecule has 2 aromatic carbocycles. The van der Waals surface area contributed by atoms with Crippen molar-refractivity contribution >= 4 is 21.8 Å². The Labute approximate surface area is 176 Å². The highest BCUT2D eigenvalue weighted by molar-refractivity contribution is 6.00. The van der Waals surface area contributed by atoms with Gasteiger partial charge >= 0.3 is 0 Å². The van der Waals surface area contributed by atoms with Crippen molar-refractivity contribution in [3.63, 3.8) is 0 Å². The molecule has 0 amide bonds. The zero-order valence-corrected chi connectivity index (χ0v) is 16.6. The van der Waals surface area contributed by atoms with Gasteiger partial charge in [0, 0.05) is 46.9 Å². The number of H-pyrrole nitrogens is 2. The number of halogens is 1. The van der Waals surface area contributed by atoms with Crippen LogP contribution in [0, 0.1) is 5.82 Å². The highest BCUT2D eigenvalue weighted by Crippen LogP contribution is 2.34. The molecule has 7 heteroatoms. The van der Waals surface area contributed by atoms with E-state index in [0.29, 0.717) is 0 Å². The predicted octanol–water partition coefficient (Wildman–Crippen LogP) is 5.31. The topological polar surface area (TPSA) is 75.2 Å². The van der Waals surface area contributed by atoms with E-state index in [9.17, 15) is 4.39 Å². The zero-order chi connectivity index (χ0) is 20.9. The molecular formula is C24H17FN6. The SMILES string of the molecule is Cn1cc(-c2ccc3[nH]nc(-c4cc5c(-c6cccc(F)c6)nccc5[nH]4)c3c2)cn1. The second-order valence-electron chi connectivity index (χ2n) is 7.55. The predicted molar refractivity (Wildman–Crippen MR) is 119 cm³/mol. The molecule has 0 aliphatic heterocycles. The molecule has 0 aliphatic carbocycles. The molecule has 0 unspecified atom stereocenters. The van der Waals surface area contributed by atoms with Gasteiger partial charge in [-0.2, -0.15) is 10.2 Å². The van der Waals surface area contributed by atoms with Crippen molar-refractivity contribution in [2.75, 3.05) is 0 Å². The Hall–Kier alpha value is -4.26. The lowest BCUT2D eigenvalue weighted by atomic mass is 10.0. The molecule has 4 heterocycles. The third-order valence-corrected chi connectivity index (χ3v) is 5.50. The largest absolute Gasteiger partial charge is 0.353 e. The number of pyridine rings is 1. The summed E-state index contributed by atoms with van der Waals surface area (Å²) in [4.78, 5) is 7.95. The number of nitrogens with one attached hydrogen (secondary N) is 2. The minimum Gasteiger partial charge on any atom is -0.353 e. The average Bonchev–Trinajstić information content (AvgIpc) is 3.50. The second-order valence-corrected chi connectivity index (χ2v) is 7.55. The van der Waals surface area contributed by atoms with E-state index >= 15 is 0 Å². The molecule has 0 saturated carbocycles. The molecule has 0 aliphatic rings. The van der Waals surface area contributed by atoms with Gasteiger partial charge in [-0.3, -0.25) is 14.8 Å². The van der Waals surface area contributed by atoms with Crippen molar-refractivity contribution in [2.45, 2.75) is 0 Å². The maximum absolute atomic E-state index is 13.8. The first kappa shape index (κ1) is 17.6. The van der Waals surface area contributed by atoms with Gasteiger partial charge in [-0.25, -0.2) is 4.39 Å². The quantitative estimate of drug-likeness (QED) is 0.417. The Morgan fingerprint density at radius 3 is 2.61 bits per heavy atom. The van der Waals surface area contributed by atoms with Gasteiger partial charge < -0.3 is 4.98 Å². The lowest BCUT2D eigenvalue weighted by Gasteiger charge is -2.02. The van der Waals surface area contributed by atoms with Crippen molar-refractivity contribution in [3.05, 3.63) is 79.0 Å². The molecule has 0 atom stereocenters. The summed E-state index contributed by atoms with van der Waals surface area (Å²) in [5.74, 6) is -0.284. The number of nitrogens with zero attached hydrogens (tertiary/aromatic N) is 4. The summed E-state index contributed by atoms with van der Waals surface area (Å²) >= 11 is 0.